The second-order valence-electron chi connectivity index (χ2n) is 7.36. The van der Waals surface area contributed by atoms with Gasteiger partial charge in [-0.15, -0.1) is 5.10 Å². The fraction of sp³-hybridized carbons (Fsp3) is 0.125. The van der Waals surface area contributed by atoms with E-state index in [2.05, 4.69) is 61.1 Å². The number of carbonyl (C=O) groups excluding carboxylic acids is 1. The van der Waals surface area contributed by atoms with Crippen LogP contribution < -0.4 is 5.32 Å². The summed E-state index contributed by atoms with van der Waals surface area (Å²) in [6.07, 6.45) is 0. The van der Waals surface area contributed by atoms with Crippen molar-refractivity contribution in [1.29, 1.82) is 0 Å². The maximum atomic E-state index is 13.0. The van der Waals surface area contributed by atoms with Crippen molar-refractivity contribution in [2.24, 2.45) is 0 Å². The predicted molar refractivity (Wildman–Crippen MR) is 131 cm³/mol. The molecule has 4 aromatic rings. The first-order valence-corrected chi connectivity index (χ1v) is 11.3. The van der Waals surface area contributed by atoms with E-state index < -0.39 is 0 Å². The number of carbonyl (C=O) groups is 1. The Labute approximate surface area is 197 Å². The van der Waals surface area contributed by atoms with Gasteiger partial charge < -0.3 is 5.32 Å². The lowest BCUT2D eigenvalue weighted by molar-refractivity contribution is 0.101. The van der Waals surface area contributed by atoms with Gasteiger partial charge in [0, 0.05) is 20.2 Å². The molecule has 1 aromatic heterocycles. The van der Waals surface area contributed by atoms with Gasteiger partial charge in [0.25, 0.3) is 5.91 Å². The van der Waals surface area contributed by atoms with E-state index in [-0.39, 0.29) is 11.7 Å². The zero-order valence-corrected chi connectivity index (χ0v) is 20.5. The van der Waals surface area contributed by atoms with Gasteiger partial charge in [-0.1, -0.05) is 50.1 Å². The summed E-state index contributed by atoms with van der Waals surface area (Å²) in [6, 6.07) is 19.6. The molecule has 7 heteroatoms. The van der Waals surface area contributed by atoms with Gasteiger partial charge in [-0.25, -0.2) is 9.67 Å². The van der Waals surface area contributed by atoms with Crippen molar-refractivity contribution in [2.45, 2.75) is 20.8 Å². The van der Waals surface area contributed by atoms with Crippen LogP contribution in [0.3, 0.4) is 0 Å². The average Bonchev–Trinajstić information content (AvgIpc) is 3.18. The number of anilines is 1. The van der Waals surface area contributed by atoms with E-state index >= 15 is 0 Å². The van der Waals surface area contributed by atoms with E-state index in [0.29, 0.717) is 5.82 Å². The van der Waals surface area contributed by atoms with Gasteiger partial charge in [0.05, 0.1) is 5.69 Å². The molecule has 3 aromatic carbocycles. The number of hydrogen-bond acceptors (Lipinski definition) is 3. The number of aromatic nitrogens is 3. The highest BCUT2D eigenvalue weighted by Gasteiger charge is 2.20. The van der Waals surface area contributed by atoms with Gasteiger partial charge in [-0.3, -0.25) is 4.79 Å². The lowest BCUT2D eigenvalue weighted by Gasteiger charge is -2.08. The Kier molecular flexibility index (Phi) is 6.07. The second kappa shape index (κ2) is 8.77. The fourth-order valence-corrected chi connectivity index (χ4v) is 3.92. The summed E-state index contributed by atoms with van der Waals surface area (Å²) in [5.74, 6) is 0.360. The first kappa shape index (κ1) is 21.5. The molecule has 0 radical (unpaired) electrons. The van der Waals surface area contributed by atoms with Crippen LogP contribution in [0, 0.1) is 20.8 Å². The van der Waals surface area contributed by atoms with Gasteiger partial charge in [0.1, 0.15) is 0 Å². The molecule has 0 spiro atoms. The molecule has 1 heterocycles. The van der Waals surface area contributed by atoms with Crippen molar-refractivity contribution < 1.29 is 4.79 Å². The Morgan fingerprint density at radius 1 is 0.839 bits per heavy atom. The van der Waals surface area contributed by atoms with Crippen LogP contribution >= 0.6 is 31.9 Å². The zero-order valence-electron chi connectivity index (χ0n) is 17.3. The predicted octanol–water partition coefficient (Wildman–Crippen LogP) is 6.64. The van der Waals surface area contributed by atoms with Crippen molar-refractivity contribution in [3.8, 4) is 17.1 Å². The number of nitrogens with one attached hydrogen (secondary N) is 1. The van der Waals surface area contributed by atoms with Crippen LogP contribution in [0.5, 0.6) is 0 Å². The molecule has 0 aliphatic carbocycles. The van der Waals surface area contributed by atoms with E-state index in [1.165, 1.54) is 5.56 Å². The van der Waals surface area contributed by atoms with Crippen LogP contribution in [0.1, 0.15) is 27.3 Å². The summed E-state index contributed by atoms with van der Waals surface area (Å²) in [5, 5.41) is 7.49. The third-order valence-electron chi connectivity index (χ3n) is 5.08. The minimum atomic E-state index is -0.355. The first-order chi connectivity index (χ1) is 14.8. The molecule has 4 rings (SSSR count). The van der Waals surface area contributed by atoms with Crippen molar-refractivity contribution in [3.05, 3.63) is 92.1 Å². The number of amides is 1. The number of aryl methyl sites for hydroxylation is 3. The van der Waals surface area contributed by atoms with Crippen molar-refractivity contribution in [1.82, 2.24) is 14.8 Å². The maximum Gasteiger partial charge on any atom is 0.295 e. The Hall–Kier alpha value is -2.77. The summed E-state index contributed by atoms with van der Waals surface area (Å²) < 4.78 is 3.65. The molecule has 1 N–H and O–H groups in total. The standard InChI is InChI=1S/C24H20Br2N4O/c1-14-4-10-20(13-15(14)2)30-23(17-5-7-18(25)8-6-17)28-22(29-30)24(31)27-21-11-9-19(26)12-16(21)3/h4-13H,1-3H3,(H,27,31). The van der Waals surface area contributed by atoms with E-state index in [9.17, 15) is 4.79 Å². The highest BCUT2D eigenvalue weighted by Crippen LogP contribution is 2.25. The van der Waals surface area contributed by atoms with Crippen LogP contribution in [-0.2, 0) is 0 Å². The number of nitrogens with zero attached hydrogens (tertiary/aromatic N) is 3. The quantitative estimate of drug-likeness (QED) is 0.316. The van der Waals surface area contributed by atoms with Gasteiger partial charge in [0.2, 0.25) is 5.82 Å². The lowest BCUT2D eigenvalue weighted by atomic mass is 10.1. The molecule has 0 aliphatic rings. The Bertz CT molecular complexity index is 1280. The molecule has 0 aliphatic heterocycles. The minimum Gasteiger partial charge on any atom is -0.319 e. The number of halogens is 2. The Balaban J connectivity index is 1.77. The largest absolute Gasteiger partial charge is 0.319 e. The number of hydrogen-bond donors (Lipinski definition) is 1. The number of benzene rings is 3. The lowest BCUT2D eigenvalue weighted by Crippen LogP contribution is -2.15. The fourth-order valence-electron chi connectivity index (χ4n) is 3.18. The van der Waals surface area contributed by atoms with Gasteiger partial charge in [0.15, 0.2) is 5.82 Å². The van der Waals surface area contributed by atoms with Gasteiger partial charge >= 0.3 is 0 Å². The smallest absolute Gasteiger partial charge is 0.295 e. The van der Waals surface area contributed by atoms with Crippen LogP contribution in [0.2, 0.25) is 0 Å². The summed E-state index contributed by atoms with van der Waals surface area (Å²) in [4.78, 5) is 17.6. The normalized spacial score (nSPS) is 10.9. The van der Waals surface area contributed by atoms with E-state index in [1.807, 2.05) is 67.6 Å². The second-order valence-corrected chi connectivity index (χ2v) is 9.19. The summed E-state index contributed by atoms with van der Waals surface area (Å²) in [6.45, 7) is 6.06. The third-order valence-corrected chi connectivity index (χ3v) is 6.11. The highest BCUT2D eigenvalue weighted by atomic mass is 79.9. The van der Waals surface area contributed by atoms with E-state index in [4.69, 9.17) is 0 Å². The van der Waals surface area contributed by atoms with Crippen LogP contribution in [-0.4, -0.2) is 20.7 Å². The molecule has 1 amide bonds. The topological polar surface area (TPSA) is 59.8 Å². The van der Waals surface area contributed by atoms with Crippen molar-refractivity contribution >= 4 is 43.5 Å². The monoisotopic (exact) mass is 538 g/mol. The summed E-state index contributed by atoms with van der Waals surface area (Å²) in [7, 11) is 0. The minimum absolute atomic E-state index is 0.110. The Morgan fingerprint density at radius 2 is 1.55 bits per heavy atom. The molecule has 0 atom stereocenters. The summed E-state index contributed by atoms with van der Waals surface area (Å²) in [5.41, 5.74) is 5.73. The average molecular weight is 540 g/mol. The van der Waals surface area contributed by atoms with Gasteiger partial charge in [-0.05, 0) is 79.9 Å². The van der Waals surface area contributed by atoms with Crippen molar-refractivity contribution in [2.75, 3.05) is 5.32 Å². The highest BCUT2D eigenvalue weighted by molar-refractivity contribution is 9.10. The molecule has 5 nitrogen and oxygen atoms in total. The molecular weight excluding hydrogens is 520 g/mol. The van der Waals surface area contributed by atoms with Crippen molar-refractivity contribution in [3.63, 3.8) is 0 Å². The number of rotatable bonds is 4. The first-order valence-electron chi connectivity index (χ1n) is 9.70. The molecule has 0 unspecified atom stereocenters. The molecule has 0 saturated heterocycles. The molecular formula is C24H20Br2N4O. The van der Waals surface area contributed by atoms with Crippen LogP contribution in [0.15, 0.2) is 69.6 Å². The van der Waals surface area contributed by atoms with E-state index in [1.54, 1.807) is 4.68 Å². The molecule has 0 fully saturated rings. The third kappa shape index (κ3) is 4.62. The Morgan fingerprint density at radius 3 is 2.23 bits per heavy atom. The molecule has 31 heavy (non-hydrogen) atoms. The zero-order chi connectivity index (χ0) is 22.1. The van der Waals surface area contributed by atoms with Gasteiger partial charge in [-0.2, -0.15) is 0 Å². The molecule has 0 bridgehead atoms. The SMILES string of the molecule is Cc1ccc(-n2nc(C(=O)Nc3ccc(Br)cc3C)nc2-c2ccc(Br)cc2)cc1C. The van der Waals surface area contributed by atoms with Crippen LogP contribution in [0.25, 0.3) is 17.1 Å². The van der Waals surface area contributed by atoms with Crippen LogP contribution in [0.4, 0.5) is 5.69 Å². The van der Waals surface area contributed by atoms with E-state index in [0.717, 1.165) is 37.0 Å². The summed E-state index contributed by atoms with van der Waals surface area (Å²) >= 11 is 6.91. The molecule has 0 saturated carbocycles. The molecule has 156 valence electrons. The maximum absolute atomic E-state index is 13.0.